The highest BCUT2D eigenvalue weighted by atomic mass is 79.9. The lowest BCUT2D eigenvalue weighted by Gasteiger charge is -2.37. The van der Waals surface area contributed by atoms with Crippen LogP contribution in [0.2, 0.25) is 0 Å². The molecule has 0 aliphatic carbocycles. The van der Waals surface area contributed by atoms with E-state index in [2.05, 4.69) is 41.4 Å². The molecule has 2 fully saturated rings. The number of fused-ring (bicyclic) bond motifs is 1. The maximum atomic E-state index is 11.8. The Bertz CT molecular complexity index is 509. The van der Waals surface area contributed by atoms with Gasteiger partial charge in [0.05, 0.1) is 12.0 Å². The fraction of sp³-hybridized carbons (Fsp3) is 0.583. The number of hydrogen-bond donors (Lipinski definition) is 2. The normalized spacial score (nSPS) is 26.0. The van der Waals surface area contributed by atoms with Gasteiger partial charge in [0.1, 0.15) is 22.4 Å². The Hall–Kier alpha value is -1.37. The topological polar surface area (TPSA) is 70.2 Å². The number of carbonyl (C=O) groups excluding carboxylic acids is 1. The maximum Gasteiger partial charge on any atom is 0.225 e. The van der Waals surface area contributed by atoms with Gasteiger partial charge in [0.25, 0.3) is 0 Å². The molecule has 0 radical (unpaired) electrons. The third-order valence-electron chi connectivity index (χ3n) is 3.88. The van der Waals surface area contributed by atoms with Crippen LogP contribution in [0.1, 0.15) is 12.8 Å². The minimum Gasteiger partial charge on any atom is -0.372 e. The number of nitrogens with one attached hydrogen (secondary N) is 2. The van der Waals surface area contributed by atoms with Crippen molar-refractivity contribution in [3.8, 4) is 0 Å². The molecule has 7 heteroatoms. The Kier molecular flexibility index (Phi) is 3.30. The van der Waals surface area contributed by atoms with Gasteiger partial charge in [-0.3, -0.25) is 4.79 Å². The van der Waals surface area contributed by atoms with E-state index >= 15 is 0 Å². The minimum absolute atomic E-state index is 0.0913. The van der Waals surface area contributed by atoms with Crippen LogP contribution in [0.15, 0.2) is 10.8 Å². The number of hydrogen-bond acceptors (Lipinski definition) is 5. The number of piperidine rings is 1. The molecule has 0 bridgehead atoms. The Labute approximate surface area is 120 Å². The lowest BCUT2D eigenvalue weighted by atomic mass is 9.91. The van der Waals surface area contributed by atoms with Gasteiger partial charge in [-0.1, -0.05) is 0 Å². The lowest BCUT2D eigenvalue weighted by Crippen LogP contribution is -2.46. The van der Waals surface area contributed by atoms with Crippen molar-refractivity contribution >= 4 is 33.5 Å². The summed E-state index contributed by atoms with van der Waals surface area (Å²) in [6.07, 6.45) is 3.54. The fourth-order valence-electron chi connectivity index (χ4n) is 2.95. The minimum atomic E-state index is 0.0913. The highest BCUT2D eigenvalue weighted by Gasteiger charge is 2.41. The molecule has 1 aromatic heterocycles. The van der Waals surface area contributed by atoms with E-state index < -0.39 is 0 Å². The Morgan fingerprint density at radius 1 is 1.53 bits per heavy atom. The van der Waals surface area contributed by atoms with E-state index in [1.807, 2.05) is 7.05 Å². The average Bonchev–Trinajstić information content (AvgIpc) is 2.81. The second kappa shape index (κ2) is 4.96. The van der Waals surface area contributed by atoms with Crippen LogP contribution in [0.3, 0.4) is 0 Å². The van der Waals surface area contributed by atoms with Crippen LogP contribution < -0.4 is 15.5 Å². The van der Waals surface area contributed by atoms with Crippen LogP contribution in [0.25, 0.3) is 0 Å². The van der Waals surface area contributed by atoms with Crippen molar-refractivity contribution in [1.29, 1.82) is 0 Å². The molecule has 1 aromatic rings. The quantitative estimate of drug-likeness (QED) is 0.848. The van der Waals surface area contributed by atoms with Gasteiger partial charge >= 0.3 is 0 Å². The van der Waals surface area contributed by atoms with E-state index in [1.54, 1.807) is 6.33 Å². The highest BCUT2D eigenvalue weighted by Crippen LogP contribution is 2.36. The first-order valence-corrected chi connectivity index (χ1v) is 7.24. The summed E-state index contributed by atoms with van der Waals surface area (Å²) in [5.74, 6) is 1.90. The molecule has 2 saturated heterocycles. The van der Waals surface area contributed by atoms with E-state index in [0.717, 1.165) is 35.5 Å². The van der Waals surface area contributed by atoms with Crippen LogP contribution in [0.4, 0.5) is 11.6 Å². The molecular formula is C12H16BrN5O. The second-order valence-electron chi connectivity index (χ2n) is 4.86. The van der Waals surface area contributed by atoms with Crippen molar-refractivity contribution in [2.75, 3.05) is 30.4 Å². The van der Waals surface area contributed by atoms with Crippen molar-refractivity contribution in [3.63, 3.8) is 0 Å². The van der Waals surface area contributed by atoms with Gasteiger partial charge in [0.15, 0.2) is 0 Å². The summed E-state index contributed by atoms with van der Waals surface area (Å²) in [4.78, 5) is 22.6. The van der Waals surface area contributed by atoms with Gasteiger partial charge in [0.2, 0.25) is 5.91 Å². The number of anilines is 2. The predicted octanol–water partition coefficient (Wildman–Crippen LogP) is 0.996. The fourth-order valence-corrected chi connectivity index (χ4v) is 3.58. The van der Waals surface area contributed by atoms with Crippen LogP contribution in [-0.4, -0.2) is 42.1 Å². The molecule has 2 N–H and O–H groups in total. The Morgan fingerprint density at radius 2 is 2.37 bits per heavy atom. The number of nitrogens with zero attached hydrogens (tertiary/aromatic N) is 3. The zero-order valence-corrected chi connectivity index (χ0v) is 12.3. The van der Waals surface area contributed by atoms with Crippen molar-refractivity contribution in [2.45, 2.75) is 18.9 Å². The molecule has 0 spiro atoms. The van der Waals surface area contributed by atoms with Crippen molar-refractivity contribution in [1.82, 2.24) is 15.3 Å². The molecule has 3 rings (SSSR count). The molecule has 2 aliphatic heterocycles. The summed E-state index contributed by atoms with van der Waals surface area (Å²) >= 11 is 3.55. The summed E-state index contributed by atoms with van der Waals surface area (Å²) in [6.45, 7) is 1.63. The largest absolute Gasteiger partial charge is 0.372 e. The SMILES string of the molecule is CNc1ncnc(N2CCCC3C(=O)NCC32)c1Br. The third kappa shape index (κ3) is 2.05. The number of halogens is 1. The summed E-state index contributed by atoms with van der Waals surface area (Å²) in [6, 6.07) is 0.206. The van der Waals surface area contributed by atoms with E-state index in [1.165, 1.54) is 0 Å². The molecule has 2 atom stereocenters. The highest BCUT2D eigenvalue weighted by molar-refractivity contribution is 9.10. The summed E-state index contributed by atoms with van der Waals surface area (Å²) in [7, 11) is 1.83. The van der Waals surface area contributed by atoms with E-state index in [-0.39, 0.29) is 17.9 Å². The number of amides is 1. The Morgan fingerprint density at radius 3 is 3.16 bits per heavy atom. The van der Waals surface area contributed by atoms with Gasteiger partial charge in [0, 0.05) is 20.1 Å². The first kappa shape index (κ1) is 12.7. The molecule has 1 amide bonds. The van der Waals surface area contributed by atoms with Crippen LogP contribution >= 0.6 is 15.9 Å². The zero-order valence-electron chi connectivity index (χ0n) is 10.7. The van der Waals surface area contributed by atoms with Crippen LogP contribution in [0.5, 0.6) is 0 Å². The smallest absolute Gasteiger partial charge is 0.225 e. The van der Waals surface area contributed by atoms with Gasteiger partial charge in [-0.2, -0.15) is 0 Å². The molecule has 2 unspecified atom stereocenters. The molecule has 6 nitrogen and oxygen atoms in total. The molecular weight excluding hydrogens is 310 g/mol. The van der Waals surface area contributed by atoms with E-state index in [4.69, 9.17) is 0 Å². The zero-order chi connectivity index (χ0) is 13.4. The van der Waals surface area contributed by atoms with Gasteiger partial charge in [-0.25, -0.2) is 9.97 Å². The number of carbonyl (C=O) groups is 1. The lowest BCUT2D eigenvalue weighted by molar-refractivity contribution is -0.122. The third-order valence-corrected chi connectivity index (χ3v) is 4.61. The first-order chi connectivity index (χ1) is 9.22. The van der Waals surface area contributed by atoms with Crippen molar-refractivity contribution < 1.29 is 4.79 Å². The van der Waals surface area contributed by atoms with Gasteiger partial charge in [-0.05, 0) is 28.8 Å². The summed E-state index contributed by atoms with van der Waals surface area (Å²) < 4.78 is 0.859. The second-order valence-corrected chi connectivity index (χ2v) is 5.66. The van der Waals surface area contributed by atoms with Gasteiger partial charge in [-0.15, -0.1) is 0 Å². The van der Waals surface area contributed by atoms with Crippen LogP contribution in [-0.2, 0) is 4.79 Å². The molecule has 0 aromatic carbocycles. The first-order valence-electron chi connectivity index (χ1n) is 6.45. The molecule has 19 heavy (non-hydrogen) atoms. The van der Waals surface area contributed by atoms with Crippen LogP contribution in [0, 0.1) is 5.92 Å². The van der Waals surface area contributed by atoms with Gasteiger partial charge < -0.3 is 15.5 Å². The number of rotatable bonds is 2. The van der Waals surface area contributed by atoms with E-state index in [9.17, 15) is 4.79 Å². The van der Waals surface area contributed by atoms with E-state index in [0.29, 0.717) is 6.54 Å². The molecule has 3 heterocycles. The van der Waals surface area contributed by atoms with Crippen molar-refractivity contribution in [2.24, 2.45) is 5.92 Å². The predicted molar refractivity (Wildman–Crippen MR) is 76.1 cm³/mol. The number of aromatic nitrogens is 2. The molecule has 2 aliphatic rings. The Balaban J connectivity index is 1.95. The monoisotopic (exact) mass is 325 g/mol. The average molecular weight is 326 g/mol. The summed E-state index contributed by atoms with van der Waals surface area (Å²) in [5.41, 5.74) is 0. The maximum absolute atomic E-state index is 11.8. The summed E-state index contributed by atoms with van der Waals surface area (Å²) in [5, 5.41) is 5.99. The van der Waals surface area contributed by atoms with Crippen molar-refractivity contribution in [3.05, 3.63) is 10.8 Å². The standard InChI is InChI=1S/C12H16BrN5O/c1-14-10-9(13)11(17-6-16-10)18-4-2-3-7-8(18)5-15-12(7)19/h6-8H,2-5H2,1H3,(H,15,19)(H,14,16,17). The molecule has 0 saturated carbocycles. The molecule has 102 valence electrons.